The van der Waals surface area contributed by atoms with Crippen LogP contribution in [0.1, 0.15) is 32.2 Å². The second kappa shape index (κ2) is 9.55. The lowest BCUT2D eigenvalue weighted by atomic mass is 10.1. The van der Waals surface area contributed by atoms with Crippen LogP contribution in [-0.4, -0.2) is 32.5 Å². The summed E-state index contributed by atoms with van der Waals surface area (Å²) in [6.45, 7) is 6.22. The van der Waals surface area contributed by atoms with Crippen LogP contribution in [0.4, 0.5) is 0 Å². The summed E-state index contributed by atoms with van der Waals surface area (Å²) in [7, 11) is 0. The number of para-hydroxylation sites is 1. The molecule has 146 valence electrons. The van der Waals surface area contributed by atoms with Crippen molar-refractivity contribution < 1.29 is 4.79 Å². The Morgan fingerprint density at radius 3 is 2.29 bits per heavy atom. The van der Waals surface area contributed by atoms with Crippen molar-refractivity contribution in [3.8, 4) is 5.69 Å². The normalized spacial score (nSPS) is 12.1. The van der Waals surface area contributed by atoms with E-state index < -0.39 is 0 Å². The highest BCUT2D eigenvalue weighted by atomic mass is 32.2. The van der Waals surface area contributed by atoms with Crippen molar-refractivity contribution in [2.45, 2.75) is 38.4 Å². The fourth-order valence-corrected chi connectivity index (χ4v) is 3.50. The minimum Gasteiger partial charge on any atom is -0.353 e. The molecule has 0 bridgehead atoms. The summed E-state index contributed by atoms with van der Waals surface area (Å²) in [4.78, 5) is 12.3. The topological polar surface area (TPSA) is 59.8 Å². The summed E-state index contributed by atoms with van der Waals surface area (Å²) < 4.78 is 2.04. The Labute approximate surface area is 170 Å². The fourth-order valence-electron chi connectivity index (χ4n) is 2.72. The van der Waals surface area contributed by atoms with Gasteiger partial charge in [-0.15, -0.1) is 10.2 Å². The Kier molecular flexibility index (Phi) is 6.87. The molecule has 1 atom stereocenters. The lowest BCUT2D eigenvalue weighted by molar-refractivity contribution is -0.119. The molecule has 0 aliphatic rings. The van der Waals surface area contributed by atoms with E-state index in [0.29, 0.717) is 18.1 Å². The molecule has 0 spiro atoms. The molecule has 3 rings (SSSR count). The van der Waals surface area contributed by atoms with Crippen molar-refractivity contribution >= 4 is 17.7 Å². The quantitative estimate of drug-likeness (QED) is 0.584. The van der Waals surface area contributed by atoms with Gasteiger partial charge >= 0.3 is 0 Å². The zero-order valence-electron chi connectivity index (χ0n) is 16.5. The van der Waals surface area contributed by atoms with Crippen molar-refractivity contribution in [3.63, 3.8) is 0 Å². The van der Waals surface area contributed by atoms with Gasteiger partial charge in [-0.25, -0.2) is 0 Å². The van der Waals surface area contributed by atoms with E-state index in [-0.39, 0.29) is 11.9 Å². The minimum atomic E-state index is 0.0124. The van der Waals surface area contributed by atoms with E-state index in [2.05, 4.69) is 41.5 Å². The van der Waals surface area contributed by atoms with Gasteiger partial charge in [0.05, 0.1) is 5.75 Å². The number of rotatable bonds is 8. The van der Waals surface area contributed by atoms with Crippen LogP contribution in [0.15, 0.2) is 65.8 Å². The Morgan fingerprint density at radius 2 is 1.64 bits per heavy atom. The molecule has 0 aliphatic carbocycles. The van der Waals surface area contributed by atoms with Gasteiger partial charge in [-0.1, -0.05) is 74.1 Å². The maximum atomic E-state index is 12.3. The molecular formula is C22H26N4OS. The third-order valence-electron chi connectivity index (χ3n) is 4.64. The molecule has 1 heterocycles. The number of hydrogen-bond donors (Lipinski definition) is 1. The molecule has 1 N–H and O–H groups in total. The van der Waals surface area contributed by atoms with Crippen molar-refractivity contribution in [2.24, 2.45) is 5.92 Å². The zero-order chi connectivity index (χ0) is 19.9. The maximum absolute atomic E-state index is 12.3. The van der Waals surface area contributed by atoms with Crippen LogP contribution in [0, 0.1) is 5.92 Å². The monoisotopic (exact) mass is 394 g/mol. The van der Waals surface area contributed by atoms with E-state index >= 15 is 0 Å². The van der Waals surface area contributed by atoms with Gasteiger partial charge in [0.1, 0.15) is 5.82 Å². The summed E-state index contributed by atoms with van der Waals surface area (Å²) in [5.74, 6) is 1.58. The Morgan fingerprint density at radius 1 is 1.00 bits per heavy atom. The van der Waals surface area contributed by atoms with Crippen LogP contribution < -0.4 is 5.32 Å². The van der Waals surface area contributed by atoms with Gasteiger partial charge in [0.15, 0.2) is 5.16 Å². The molecule has 1 amide bonds. The number of carbonyl (C=O) groups is 1. The highest BCUT2D eigenvalue weighted by Gasteiger charge is 2.17. The summed E-state index contributed by atoms with van der Waals surface area (Å²) in [5, 5.41) is 12.6. The minimum absolute atomic E-state index is 0.0124. The molecule has 0 saturated carbocycles. The first-order valence-electron chi connectivity index (χ1n) is 9.50. The highest BCUT2D eigenvalue weighted by molar-refractivity contribution is 7.99. The van der Waals surface area contributed by atoms with Gasteiger partial charge in [0.25, 0.3) is 0 Å². The first kappa shape index (κ1) is 20.1. The molecule has 28 heavy (non-hydrogen) atoms. The van der Waals surface area contributed by atoms with Crippen LogP contribution in [0.2, 0.25) is 0 Å². The number of nitrogens with one attached hydrogen (secondary N) is 1. The number of benzene rings is 2. The smallest absolute Gasteiger partial charge is 0.230 e. The van der Waals surface area contributed by atoms with E-state index in [1.807, 2.05) is 60.0 Å². The number of aromatic nitrogens is 3. The molecule has 0 fully saturated rings. The fraction of sp³-hybridized carbons (Fsp3) is 0.318. The van der Waals surface area contributed by atoms with Gasteiger partial charge in [-0.3, -0.25) is 9.36 Å². The van der Waals surface area contributed by atoms with Crippen LogP contribution >= 0.6 is 11.8 Å². The second-order valence-electron chi connectivity index (χ2n) is 7.12. The Hall–Kier alpha value is -2.60. The molecule has 6 heteroatoms. The number of thioether (sulfide) groups is 1. The van der Waals surface area contributed by atoms with Crippen molar-refractivity contribution in [1.29, 1.82) is 0 Å². The van der Waals surface area contributed by atoms with Crippen LogP contribution in [0.25, 0.3) is 5.69 Å². The number of hydrogen-bond acceptors (Lipinski definition) is 4. The van der Waals surface area contributed by atoms with Gasteiger partial charge in [-0.2, -0.15) is 0 Å². The largest absolute Gasteiger partial charge is 0.353 e. The van der Waals surface area contributed by atoms with Gasteiger partial charge in [0, 0.05) is 18.2 Å². The van der Waals surface area contributed by atoms with Crippen LogP contribution in [0.5, 0.6) is 0 Å². The van der Waals surface area contributed by atoms with E-state index in [0.717, 1.165) is 16.7 Å². The van der Waals surface area contributed by atoms with Crippen LogP contribution in [-0.2, 0) is 11.2 Å². The van der Waals surface area contributed by atoms with Gasteiger partial charge < -0.3 is 5.32 Å². The van der Waals surface area contributed by atoms with Gasteiger partial charge in [-0.05, 0) is 30.5 Å². The average Bonchev–Trinajstić information content (AvgIpc) is 3.10. The molecule has 0 radical (unpaired) electrons. The summed E-state index contributed by atoms with van der Waals surface area (Å²) in [5.41, 5.74) is 2.17. The molecular weight excluding hydrogens is 368 g/mol. The van der Waals surface area contributed by atoms with E-state index in [4.69, 9.17) is 0 Å². The molecule has 0 aliphatic heterocycles. The molecule has 5 nitrogen and oxygen atoms in total. The maximum Gasteiger partial charge on any atom is 0.230 e. The highest BCUT2D eigenvalue weighted by Crippen LogP contribution is 2.23. The molecule has 1 aromatic heterocycles. The SMILES string of the molecule is CC(C)[C@@H](C)NC(=O)CSc1nnc(Cc2ccccc2)n1-c1ccccc1. The summed E-state index contributed by atoms with van der Waals surface area (Å²) in [6.07, 6.45) is 0.680. The van der Waals surface area contributed by atoms with Crippen molar-refractivity contribution in [1.82, 2.24) is 20.1 Å². The van der Waals surface area contributed by atoms with Crippen LogP contribution in [0.3, 0.4) is 0 Å². The molecule has 2 aromatic carbocycles. The predicted octanol–water partition coefficient (Wildman–Crippen LogP) is 4.11. The number of carbonyl (C=O) groups excluding carboxylic acids is 1. The van der Waals surface area contributed by atoms with Crippen molar-refractivity contribution in [2.75, 3.05) is 5.75 Å². The lowest BCUT2D eigenvalue weighted by Crippen LogP contribution is -2.37. The van der Waals surface area contributed by atoms with Crippen molar-refractivity contribution in [3.05, 3.63) is 72.1 Å². The predicted molar refractivity (Wildman–Crippen MR) is 114 cm³/mol. The van der Waals surface area contributed by atoms with E-state index in [9.17, 15) is 4.79 Å². The van der Waals surface area contributed by atoms with E-state index in [1.54, 1.807) is 0 Å². The first-order valence-corrected chi connectivity index (χ1v) is 10.5. The zero-order valence-corrected chi connectivity index (χ0v) is 17.3. The summed E-state index contributed by atoms with van der Waals surface area (Å²) in [6, 6.07) is 20.4. The molecule has 0 unspecified atom stereocenters. The third-order valence-corrected chi connectivity index (χ3v) is 5.57. The Balaban J connectivity index is 1.80. The number of nitrogens with zero attached hydrogens (tertiary/aromatic N) is 3. The lowest BCUT2D eigenvalue weighted by Gasteiger charge is -2.17. The average molecular weight is 395 g/mol. The molecule has 0 saturated heterocycles. The van der Waals surface area contributed by atoms with E-state index in [1.165, 1.54) is 17.3 Å². The third kappa shape index (κ3) is 5.23. The summed E-state index contributed by atoms with van der Waals surface area (Å²) >= 11 is 1.41. The first-order chi connectivity index (χ1) is 13.5. The molecule has 3 aromatic rings. The van der Waals surface area contributed by atoms with Gasteiger partial charge in [0.2, 0.25) is 5.91 Å². The standard InChI is InChI=1S/C22H26N4OS/c1-16(2)17(3)23-21(27)15-28-22-25-24-20(14-18-10-6-4-7-11-18)26(22)19-12-8-5-9-13-19/h4-13,16-17H,14-15H2,1-3H3,(H,23,27)/t17-/m1/s1. The Bertz CT molecular complexity index is 893. The number of amides is 1. The second-order valence-corrected chi connectivity index (χ2v) is 8.06.